The maximum atomic E-state index is 11.3. The summed E-state index contributed by atoms with van der Waals surface area (Å²) >= 11 is 3.25. The number of carbonyl (C=O) groups is 1. The smallest absolute Gasteiger partial charge is 0.234 e. The van der Waals surface area contributed by atoms with Gasteiger partial charge in [-0.1, -0.05) is 28.0 Å². The van der Waals surface area contributed by atoms with E-state index in [4.69, 9.17) is 0 Å². The van der Waals surface area contributed by atoms with Gasteiger partial charge in [-0.15, -0.1) is 0 Å². The van der Waals surface area contributed by atoms with Crippen LogP contribution in [0.1, 0.15) is 19.0 Å². The minimum atomic E-state index is -0.126. The summed E-state index contributed by atoms with van der Waals surface area (Å²) in [4.78, 5) is 11.1. The van der Waals surface area contributed by atoms with Gasteiger partial charge in [0.1, 0.15) is 12.0 Å². The van der Waals surface area contributed by atoms with E-state index in [-0.39, 0.29) is 10.7 Å². The van der Waals surface area contributed by atoms with Gasteiger partial charge in [-0.05, 0) is 6.42 Å². The highest BCUT2D eigenvalue weighted by atomic mass is 79.9. The van der Waals surface area contributed by atoms with Crippen LogP contribution in [-0.4, -0.2) is 15.9 Å². The van der Waals surface area contributed by atoms with Crippen molar-refractivity contribution in [3.63, 3.8) is 0 Å². The molecule has 0 aliphatic carbocycles. The average molecular weight is 247 g/mol. The van der Waals surface area contributed by atoms with E-state index in [2.05, 4.69) is 30.9 Å². The van der Waals surface area contributed by atoms with Gasteiger partial charge in [0.2, 0.25) is 5.91 Å². The lowest BCUT2D eigenvalue weighted by Crippen LogP contribution is -2.30. The summed E-state index contributed by atoms with van der Waals surface area (Å²) in [5.74, 6) is -0.0227. The molecule has 0 saturated heterocycles. The minimum Gasteiger partial charge on any atom is -0.364 e. The summed E-state index contributed by atoms with van der Waals surface area (Å²) in [5, 5.41) is 6.40. The average Bonchev–Trinajstić information content (AvgIpc) is 2.65. The number of nitrogens with zero attached hydrogens (tertiary/aromatic N) is 1. The van der Waals surface area contributed by atoms with Gasteiger partial charge >= 0.3 is 0 Å². The van der Waals surface area contributed by atoms with Gasteiger partial charge in [-0.3, -0.25) is 4.79 Å². The number of nitrogens with one attached hydrogen (secondary N) is 1. The molecule has 0 bridgehead atoms. The van der Waals surface area contributed by atoms with Gasteiger partial charge in [0.15, 0.2) is 0 Å². The van der Waals surface area contributed by atoms with Crippen LogP contribution in [-0.2, 0) is 11.3 Å². The quantitative estimate of drug-likeness (QED) is 0.819. The molecule has 1 unspecified atom stereocenters. The van der Waals surface area contributed by atoms with E-state index < -0.39 is 0 Å². The molecule has 1 aromatic heterocycles. The van der Waals surface area contributed by atoms with Crippen molar-refractivity contribution in [1.82, 2.24) is 10.5 Å². The molecular weight excluding hydrogens is 236 g/mol. The van der Waals surface area contributed by atoms with Crippen LogP contribution in [0.3, 0.4) is 0 Å². The minimum absolute atomic E-state index is 0.0227. The summed E-state index contributed by atoms with van der Waals surface area (Å²) in [6, 6.07) is 1.72. The number of halogens is 1. The van der Waals surface area contributed by atoms with Crippen molar-refractivity contribution in [2.24, 2.45) is 0 Å². The largest absolute Gasteiger partial charge is 0.364 e. The fraction of sp³-hybridized carbons (Fsp3) is 0.500. The monoisotopic (exact) mass is 246 g/mol. The predicted molar refractivity (Wildman–Crippen MR) is 51.4 cm³/mol. The predicted octanol–water partition coefficient (Wildman–Crippen LogP) is 1.46. The molecule has 1 atom stereocenters. The third kappa shape index (κ3) is 3.18. The second-order valence-electron chi connectivity index (χ2n) is 2.58. The molecule has 0 aromatic carbocycles. The Labute approximate surface area is 84.8 Å². The van der Waals surface area contributed by atoms with Crippen LogP contribution < -0.4 is 5.32 Å². The molecule has 0 spiro atoms. The molecule has 5 heteroatoms. The van der Waals surface area contributed by atoms with Crippen LogP contribution in [0.15, 0.2) is 16.9 Å². The van der Waals surface area contributed by atoms with E-state index >= 15 is 0 Å². The number of amides is 1. The SMILES string of the molecule is CCC(Br)C(=O)NCc1ccon1. The zero-order valence-corrected chi connectivity index (χ0v) is 8.87. The van der Waals surface area contributed by atoms with Crippen LogP contribution in [0.5, 0.6) is 0 Å². The molecule has 13 heavy (non-hydrogen) atoms. The molecule has 4 nitrogen and oxygen atoms in total. The van der Waals surface area contributed by atoms with Crippen molar-refractivity contribution in [2.45, 2.75) is 24.7 Å². The molecule has 72 valence electrons. The van der Waals surface area contributed by atoms with Gasteiger partial charge in [-0.2, -0.15) is 0 Å². The normalized spacial score (nSPS) is 12.5. The van der Waals surface area contributed by atoms with Crippen molar-refractivity contribution < 1.29 is 9.32 Å². The Bertz CT molecular complexity index is 261. The first-order valence-corrected chi connectivity index (χ1v) is 4.96. The van der Waals surface area contributed by atoms with E-state index in [1.165, 1.54) is 6.26 Å². The van der Waals surface area contributed by atoms with Crippen LogP contribution in [0.2, 0.25) is 0 Å². The Morgan fingerprint density at radius 2 is 2.62 bits per heavy atom. The molecule has 0 saturated carbocycles. The lowest BCUT2D eigenvalue weighted by atomic mass is 10.3. The Hall–Kier alpha value is -0.840. The summed E-state index contributed by atoms with van der Waals surface area (Å²) in [6.45, 7) is 2.35. The second-order valence-corrected chi connectivity index (χ2v) is 3.69. The Kier molecular flexibility index (Phi) is 3.95. The molecule has 1 rings (SSSR count). The van der Waals surface area contributed by atoms with Gasteiger partial charge in [-0.25, -0.2) is 0 Å². The van der Waals surface area contributed by atoms with Gasteiger partial charge in [0, 0.05) is 6.07 Å². The zero-order valence-electron chi connectivity index (χ0n) is 7.29. The second kappa shape index (κ2) is 5.01. The van der Waals surface area contributed by atoms with Crippen molar-refractivity contribution in [3.8, 4) is 0 Å². The molecule has 0 radical (unpaired) electrons. The summed E-state index contributed by atoms with van der Waals surface area (Å²) in [5.41, 5.74) is 0.726. The summed E-state index contributed by atoms with van der Waals surface area (Å²) in [6.07, 6.45) is 2.25. The van der Waals surface area contributed by atoms with E-state index in [0.29, 0.717) is 6.54 Å². The fourth-order valence-corrected chi connectivity index (χ4v) is 0.964. The van der Waals surface area contributed by atoms with E-state index in [9.17, 15) is 4.79 Å². The Morgan fingerprint density at radius 1 is 1.85 bits per heavy atom. The maximum Gasteiger partial charge on any atom is 0.234 e. The van der Waals surface area contributed by atoms with E-state index in [1.54, 1.807) is 6.07 Å². The molecule has 1 N–H and O–H groups in total. The highest BCUT2D eigenvalue weighted by Crippen LogP contribution is 2.04. The lowest BCUT2D eigenvalue weighted by molar-refractivity contribution is -0.120. The van der Waals surface area contributed by atoms with Crippen LogP contribution >= 0.6 is 15.9 Å². The van der Waals surface area contributed by atoms with E-state index in [0.717, 1.165) is 12.1 Å². The molecule has 1 amide bonds. The number of rotatable bonds is 4. The molecular formula is C8H11BrN2O2. The van der Waals surface area contributed by atoms with Crippen LogP contribution in [0.4, 0.5) is 0 Å². The lowest BCUT2D eigenvalue weighted by Gasteiger charge is -2.06. The van der Waals surface area contributed by atoms with Crippen LogP contribution in [0.25, 0.3) is 0 Å². The first-order chi connectivity index (χ1) is 6.24. The molecule has 1 aromatic rings. The Morgan fingerprint density at radius 3 is 3.15 bits per heavy atom. The topological polar surface area (TPSA) is 55.1 Å². The van der Waals surface area contributed by atoms with Crippen molar-refractivity contribution in [1.29, 1.82) is 0 Å². The van der Waals surface area contributed by atoms with Crippen molar-refractivity contribution >= 4 is 21.8 Å². The maximum absolute atomic E-state index is 11.3. The van der Waals surface area contributed by atoms with Gasteiger partial charge < -0.3 is 9.84 Å². The zero-order chi connectivity index (χ0) is 9.68. The molecule has 0 aliphatic rings. The summed E-state index contributed by atoms with van der Waals surface area (Å²) < 4.78 is 4.62. The Balaban J connectivity index is 2.31. The van der Waals surface area contributed by atoms with Crippen molar-refractivity contribution in [2.75, 3.05) is 0 Å². The molecule has 0 fully saturated rings. The fourth-order valence-electron chi connectivity index (χ4n) is 0.803. The van der Waals surface area contributed by atoms with E-state index in [1.807, 2.05) is 6.92 Å². The molecule has 1 heterocycles. The van der Waals surface area contributed by atoms with Gasteiger partial charge in [0.25, 0.3) is 0 Å². The van der Waals surface area contributed by atoms with Gasteiger partial charge in [0.05, 0.1) is 11.4 Å². The van der Waals surface area contributed by atoms with Crippen LogP contribution in [0, 0.1) is 0 Å². The number of carbonyl (C=O) groups excluding carboxylic acids is 1. The van der Waals surface area contributed by atoms with Crippen molar-refractivity contribution in [3.05, 3.63) is 18.0 Å². The standard InChI is InChI=1S/C8H11BrN2O2/c1-2-7(9)8(12)10-5-6-3-4-13-11-6/h3-4,7H,2,5H2,1H3,(H,10,12). The number of aromatic nitrogens is 1. The third-order valence-electron chi connectivity index (χ3n) is 1.58. The number of hydrogen-bond acceptors (Lipinski definition) is 3. The highest BCUT2D eigenvalue weighted by Gasteiger charge is 2.11. The first kappa shape index (κ1) is 10.2. The summed E-state index contributed by atoms with van der Waals surface area (Å²) in [7, 11) is 0. The third-order valence-corrected chi connectivity index (χ3v) is 2.64. The number of hydrogen-bond donors (Lipinski definition) is 1. The number of alkyl halides is 1. The molecule has 0 aliphatic heterocycles. The highest BCUT2D eigenvalue weighted by molar-refractivity contribution is 9.10. The first-order valence-electron chi connectivity index (χ1n) is 4.05.